The van der Waals surface area contributed by atoms with Gasteiger partial charge in [-0.05, 0) is 40.9 Å². The third-order valence-electron chi connectivity index (χ3n) is 3.42. The molecule has 2 aromatic rings. The van der Waals surface area contributed by atoms with Gasteiger partial charge in [-0.15, -0.1) is 0 Å². The second-order valence-electron chi connectivity index (χ2n) is 4.95. The maximum Gasteiger partial charge on any atom is 0.272 e. The average Bonchev–Trinajstić information content (AvgIpc) is 3.22. The number of aromatic nitrogens is 1. The number of anilines is 1. The van der Waals surface area contributed by atoms with Crippen molar-refractivity contribution in [2.75, 3.05) is 5.32 Å². The van der Waals surface area contributed by atoms with Crippen LogP contribution in [0, 0.1) is 0 Å². The molecule has 0 saturated heterocycles. The molecule has 1 amide bonds. The number of carbonyl (C=O) groups is 1. The SMILES string of the molecule is O=C(Nc1ccccc1CO)c1cc(Br)cn1C1CC1. The van der Waals surface area contributed by atoms with Gasteiger partial charge < -0.3 is 15.0 Å². The van der Waals surface area contributed by atoms with Crippen molar-refractivity contribution in [3.05, 3.63) is 52.3 Å². The summed E-state index contributed by atoms with van der Waals surface area (Å²) in [5.74, 6) is -0.150. The van der Waals surface area contributed by atoms with Gasteiger partial charge >= 0.3 is 0 Å². The number of hydrogen-bond acceptors (Lipinski definition) is 2. The Morgan fingerprint density at radius 2 is 2.15 bits per heavy atom. The highest BCUT2D eigenvalue weighted by atomic mass is 79.9. The molecule has 0 aliphatic heterocycles. The first-order valence-corrected chi connectivity index (χ1v) is 7.36. The summed E-state index contributed by atoms with van der Waals surface area (Å²) in [6.07, 6.45) is 4.19. The van der Waals surface area contributed by atoms with Crippen LogP contribution in [0.3, 0.4) is 0 Å². The Labute approximate surface area is 125 Å². The molecule has 1 aromatic carbocycles. The summed E-state index contributed by atoms with van der Waals surface area (Å²) < 4.78 is 2.92. The maximum atomic E-state index is 12.4. The highest BCUT2D eigenvalue weighted by molar-refractivity contribution is 9.10. The lowest BCUT2D eigenvalue weighted by Crippen LogP contribution is -2.17. The second-order valence-corrected chi connectivity index (χ2v) is 5.87. The van der Waals surface area contributed by atoms with E-state index in [0.29, 0.717) is 23.0 Å². The van der Waals surface area contributed by atoms with E-state index in [1.165, 1.54) is 0 Å². The molecule has 0 unspecified atom stereocenters. The number of rotatable bonds is 4. The Hall–Kier alpha value is -1.59. The number of aliphatic hydroxyl groups is 1. The predicted octanol–water partition coefficient (Wildman–Crippen LogP) is 3.33. The Kier molecular flexibility index (Phi) is 3.63. The van der Waals surface area contributed by atoms with Crippen LogP contribution in [0.1, 0.15) is 34.9 Å². The van der Waals surface area contributed by atoms with Gasteiger partial charge in [0.2, 0.25) is 0 Å². The lowest BCUT2D eigenvalue weighted by Gasteiger charge is -2.11. The third kappa shape index (κ3) is 2.64. The summed E-state index contributed by atoms with van der Waals surface area (Å²) in [5, 5.41) is 12.2. The van der Waals surface area contributed by atoms with Gasteiger partial charge in [0.15, 0.2) is 0 Å². The molecule has 0 atom stereocenters. The summed E-state index contributed by atoms with van der Waals surface area (Å²) in [6.45, 7) is -0.0935. The van der Waals surface area contributed by atoms with Crippen LogP contribution in [0.2, 0.25) is 0 Å². The van der Waals surface area contributed by atoms with Crippen molar-refractivity contribution in [2.24, 2.45) is 0 Å². The quantitative estimate of drug-likeness (QED) is 0.900. The lowest BCUT2D eigenvalue weighted by atomic mass is 10.2. The number of para-hydroxylation sites is 1. The van der Waals surface area contributed by atoms with Crippen LogP contribution in [0.25, 0.3) is 0 Å². The number of amides is 1. The van der Waals surface area contributed by atoms with Crippen molar-refractivity contribution < 1.29 is 9.90 Å². The molecule has 1 aromatic heterocycles. The van der Waals surface area contributed by atoms with Crippen molar-refractivity contribution in [3.8, 4) is 0 Å². The molecule has 1 heterocycles. The molecule has 2 N–H and O–H groups in total. The number of nitrogens with zero attached hydrogens (tertiary/aromatic N) is 1. The van der Waals surface area contributed by atoms with Crippen LogP contribution < -0.4 is 5.32 Å². The molecule has 1 fully saturated rings. The Morgan fingerprint density at radius 1 is 1.40 bits per heavy atom. The minimum atomic E-state index is -0.150. The van der Waals surface area contributed by atoms with Crippen molar-refractivity contribution in [1.29, 1.82) is 0 Å². The van der Waals surface area contributed by atoms with E-state index in [-0.39, 0.29) is 12.5 Å². The van der Waals surface area contributed by atoms with Crippen molar-refractivity contribution >= 4 is 27.5 Å². The minimum Gasteiger partial charge on any atom is -0.392 e. The van der Waals surface area contributed by atoms with E-state index in [1.54, 1.807) is 12.1 Å². The van der Waals surface area contributed by atoms with Gasteiger partial charge in [0, 0.05) is 28.0 Å². The van der Waals surface area contributed by atoms with Gasteiger partial charge in [-0.3, -0.25) is 4.79 Å². The van der Waals surface area contributed by atoms with Gasteiger partial charge in [-0.25, -0.2) is 0 Å². The Morgan fingerprint density at radius 3 is 2.85 bits per heavy atom. The number of halogens is 1. The minimum absolute atomic E-state index is 0.0935. The third-order valence-corrected chi connectivity index (χ3v) is 3.86. The van der Waals surface area contributed by atoms with E-state index in [0.717, 1.165) is 17.3 Å². The van der Waals surface area contributed by atoms with Gasteiger partial charge in [-0.2, -0.15) is 0 Å². The molecule has 1 aliphatic carbocycles. The van der Waals surface area contributed by atoms with Gasteiger partial charge in [-0.1, -0.05) is 18.2 Å². The van der Waals surface area contributed by atoms with Crippen LogP contribution in [0.15, 0.2) is 41.0 Å². The number of nitrogens with one attached hydrogen (secondary N) is 1. The van der Waals surface area contributed by atoms with Crippen molar-refractivity contribution in [1.82, 2.24) is 4.57 Å². The van der Waals surface area contributed by atoms with E-state index in [9.17, 15) is 9.90 Å². The Bertz CT molecular complexity index is 647. The number of aliphatic hydroxyl groups excluding tert-OH is 1. The smallest absolute Gasteiger partial charge is 0.272 e. The van der Waals surface area contributed by atoms with E-state index in [1.807, 2.05) is 29.0 Å². The standard InChI is InChI=1S/C15H15BrN2O2/c16-11-7-14(18(8-11)12-5-6-12)15(20)17-13-4-2-1-3-10(13)9-19/h1-4,7-8,12,19H,5-6,9H2,(H,17,20). The van der Waals surface area contributed by atoms with Crippen LogP contribution in [0.5, 0.6) is 0 Å². The Balaban J connectivity index is 1.86. The van der Waals surface area contributed by atoms with Crippen LogP contribution >= 0.6 is 15.9 Å². The molecule has 4 nitrogen and oxygen atoms in total. The van der Waals surface area contributed by atoms with E-state index in [4.69, 9.17) is 0 Å². The van der Waals surface area contributed by atoms with Gasteiger partial charge in [0.25, 0.3) is 5.91 Å². The average molecular weight is 335 g/mol. The van der Waals surface area contributed by atoms with Gasteiger partial charge in [0.1, 0.15) is 5.69 Å². The van der Waals surface area contributed by atoms with Crippen molar-refractivity contribution in [2.45, 2.75) is 25.5 Å². The molecule has 1 aliphatic rings. The highest BCUT2D eigenvalue weighted by Crippen LogP contribution is 2.37. The first-order chi connectivity index (χ1) is 9.69. The zero-order chi connectivity index (χ0) is 14.1. The number of carbonyl (C=O) groups excluding carboxylic acids is 1. The fraction of sp³-hybridized carbons (Fsp3) is 0.267. The van der Waals surface area contributed by atoms with E-state index < -0.39 is 0 Å². The van der Waals surface area contributed by atoms with Crippen LogP contribution in [0.4, 0.5) is 5.69 Å². The number of benzene rings is 1. The fourth-order valence-corrected chi connectivity index (χ4v) is 2.69. The first kappa shape index (κ1) is 13.4. The summed E-state index contributed by atoms with van der Waals surface area (Å²) in [6, 6.07) is 9.54. The molecule has 0 spiro atoms. The van der Waals surface area contributed by atoms with Crippen LogP contribution in [-0.2, 0) is 6.61 Å². The summed E-state index contributed by atoms with van der Waals surface area (Å²) >= 11 is 3.42. The largest absolute Gasteiger partial charge is 0.392 e. The van der Waals surface area contributed by atoms with E-state index >= 15 is 0 Å². The molecule has 104 valence electrons. The zero-order valence-corrected chi connectivity index (χ0v) is 12.4. The zero-order valence-electron chi connectivity index (χ0n) is 10.8. The summed E-state index contributed by atoms with van der Waals surface area (Å²) in [5.41, 5.74) is 2.01. The second kappa shape index (κ2) is 5.42. The monoisotopic (exact) mass is 334 g/mol. The van der Waals surface area contributed by atoms with Crippen molar-refractivity contribution in [3.63, 3.8) is 0 Å². The first-order valence-electron chi connectivity index (χ1n) is 6.56. The molecule has 3 rings (SSSR count). The highest BCUT2D eigenvalue weighted by Gasteiger charge is 2.27. The van der Waals surface area contributed by atoms with Gasteiger partial charge in [0.05, 0.1) is 6.61 Å². The topological polar surface area (TPSA) is 54.3 Å². The molecular formula is C15H15BrN2O2. The maximum absolute atomic E-state index is 12.4. The molecule has 20 heavy (non-hydrogen) atoms. The summed E-state index contributed by atoms with van der Waals surface area (Å²) in [4.78, 5) is 12.4. The molecule has 1 saturated carbocycles. The molecule has 0 radical (unpaired) electrons. The fourth-order valence-electron chi connectivity index (χ4n) is 2.25. The molecule has 5 heteroatoms. The normalized spacial score (nSPS) is 14.3. The summed E-state index contributed by atoms with van der Waals surface area (Å²) in [7, 11) is 0. The molecule has 0 bridgehead atoms. The molecular weight excluding hydrogens is 320 g/mol. The van der Waals surface area contributed by atoms with Crippen LogP contribution in [-0.4, -0.2) is 15.6 Å². The predicted molar refractivity (Wildman–Crippen MR) is 80.7 cm³/mol. The number of hydrogen-bond donors (Lipinski definition) is 2. The van der Waals surface area contributed by atoms with E-state index in [2.05, 4.69) is 21.2 Å². The lowest BCUT2D eigenvalue weighted by molar-refractivity contribution is 0.101.